The Morgan fingerprint density at radius 2 is 2.19 bits per heavy atom. The lowest BCUT2D eigenvalue weighted by molar-refractivity contribution is 0.189. The maximum absolute atomic E-state index is 11.9. The highest BCUT2D eigenvalue weighted by atomic mass is 127. The fraction of sp³-hybridized carbons (Fsp3) is 0.750. The number of aliphatic imine (C=N–C) groups is 1. The molecule has 0 aromatic carbocycles. The van der Waals surface area contributed by atoms with Crippen LogP contribution in [-0.2, 0) is 10.0 Å². The van der Waals surface area contributed by atoms with Crippen molar-refractivity contribution in [3.8, 4) is 0 Å². The second kappa shape index (κ2) is 9.36. The quantitative estimate of drug-likeness (QED) is 0.382. The number of hydrogen-bond donors (Lipinski definition) is 1. The van der Waals surface area contributed by atoms with Crippen molar-refractivity contribution in [2.45, 2.75) is 25.8 Å². The van der Waals surface area contributed by atoms with Gasteiger partial charge in [-0.25, -0.2) is 17.7 Å². The van der Waals surface area contributed by atoms with Gasteiger partial charge in [-0.05, 0) is 18.8 Å². The smallest absolute Gasteiger partial charge is 0.214 e. The Hall–Kier alpha value is -0.880. The molecule has 0 radical (unpaired) electrons. The zero-order chi connectivity index (χ0) is 17.9. The first-order valence-corrected chi connectivity index (χ1v) is 10.5. The number of sulfonamides is 1. The third-order valence-corrected chi connectivity index (χ3v) is 7.14. The predicted octanol–water partition coefficient (Wildman–Crippen LogP) is 0.995. The number of halogens is 1. The van der Waals surface area contributed by atoms with Gasteiger partial charge >= 0.3 is 0 Å². The SMILES string of the molecule is CN=C(NCCN1CCCS1(=O)=O)N1CCC(C)C(n2ccnc2)C1.I. The molecule has 8 nitrogen and oxygen atoms in total. The highest BCUT2D eigenvalue weighted by Gasteiger charge is 2.30. The molecule has 2 atom stereocenters. The number of likely N-dealkylation sites (tertiary alicyclic amines) is 1. The molecule has 1 aromatic heterocycles. The molecule has 1 N–H and O–H groups in total. The van der Waals surface area contributed by atoms with Gasteiger partial charge in [-0.2, -0.15) is 0 Å². The third-order valence-electron chi connectivity index (χ3n) is 5.19. The van der Waals surface area contributed by atoms with Gasteiger partial charge in [0, 0.05) is 52.2 Å². The normalized spacial score (nSPS) is 26.5. The number of imidazole rings is 1. The van der Waals surface area contributed by atoms with E-state index in [1.807, 2.05) is 18.7 Å². The van der Waals surface area contributed by atoms with Crippen LogP contribution in [0.15, 0.2) is 23.7 Å². The van der Waals surface area contributed by atoms with Crippen LogP contribution in [0.4, 0.5) is 0 Å². The average Bonchev–Trinajstić information content (AvgIpc) is 3.22. The maximum Gasteiger partial charge on any atom is 0.214 e. The topological polar surface area (TPSA) is 82.8 Å². The molecule has 2 fully saturated rings. The largest absolute Gasteiger partial charge is 0.355 e. The molecule has 0 spiro atoms. The molecule has 0 amide bonds. The molecule has 2 aliphatic rings. The molecular formula is C16H29IN6O2S. The minimum Gasteiger partial charge on any atom is -0.355 e. The Morgan fingerprint density at radius 3 is 2.81 bits per heavy atom. The molecule has 2 unspecified atom stereocenters. The Labute approximate surface area is 173 Å². The van der Waals surface area contributed by atoms with E-state index in [0.717, 1.165) is 31.9 Å². The number of rotatable bonds is 4. The van der Waals surface area contributed by atoms with E-state index in [1.165, 1.54) is 0 Å². The van der Waals surface area contributed by atoms with Crippen LogP contribution in [0.5, 0.6) is 0 Å². The molecule has 0 saturated carbocycles. The van der Waals surface area contributed by atoms with Gasteiger partial charge in [-0.1, -0.05) is 6.92 Å². The minimum atomic E-state index is -3.03. The molecule has 0 aliphatic carbocycles. The first-order chi connectivity index (χ1) is 12.0. The van der Waals surface area contributed by atoms with Gasteiger partial charge < -0.3 is 14.8 Å². The number of nitrogens with one attached hydrogen (secondary N) is 1. The van der Waals surface area contributed by atoms with E-state index in [-0.39, 0.29) is 29.7 Å². The van der Waals surface area contributed by atoms with Gasteiger partial charge in [0.15, 0.2) is 5.96 Å². The highest BCUT2D eigenvalue weighted by molar-refractivity contribution is 14.0. The first-order valence-electron chi connectivity index (χ1n) is 8.92. The summed E-state index contributed by atoms with van der Waals surface area (Å²) in [5.41, 5.74) is 0. The molecule has 2 saturated heterocycles. The van der Waals surface area contributed by atoms with Crippen molar-refractivity contribution >= 4 is 40.0 Å². The van der Waals surface area contributed by atoms with E-state index in [9.17, 15) is 8.42 Å². The number of nitrogens with zero attached hydrogens (tertiary/aromatic N) is 5. The van der Waals surface area contributed by atoms with E-state index in [1.54, 1.807) is 11.4 Å². The lowest BCUT2D eigenvalue weighted by Crippen LogP contribution is -2.50. The van der Waals surface area contributed by atoms with Crippen molar-refractivity contribution in [3.05, 3.63) is 18.7 Å². The van der Waals surface area contributed by atoms with Crippen LogP contribution in [0, 0.1) is 5.92 Å². The minimum absolute atomic E-state index is 0. The van der Waals surface area contributed by atoms with Gasteiger partial charge in [0.05, 0.1) is 18.1 Å². The van der Waals surface area contributed by atoms with Crippen LogP contribution in [0.1, 0.15) is 25.8 Å². The molecule has 10 heteroatoms. The summed E-state index contributed by atoms with van der Waals surface area (Å²) in [6.07, 6.45) is 7.52. The van der Waals surface area contributed by atoms with Crippen molar-refractivity contribution in [1.82, 2.24) is 24.1 Å². The first kappa shape index (κ1) is 21.4. The van der Waals surface area contributed by atoms with Crippen LogP contribution >= 0.6 is 24.0 Å². The molecule has 148 valence electrons. The summed E-state index contributed by atoms with van der Waals surface area (Å²) < 4.78 is 27.5. The Kier molecular flexibility index (Phi) is 7.71. The molecular weight excluding hydrogens is 467 g/mol. The Balaban J connectivity index is 0.00000243. The van der Waals surface area contributed by atoms with E-state index < -0.39 is 10.0 Å². The van der Waals surface area contributed by atoms with Crippen molar-refractivity contribution in [2.75, 3.05) is 45.5 Å². The number of aromatic nitrogens is 2. The van der Waals surface area contributed by atoms with E-state index in [4.69, 9.17) is 0 Å². The van der Waals surface area contributed by atoms with Crippen LogP contribution in [-0.4, -0.2) is 78.7 Å². The monoisotopic (exact) mass is 496 g/mol. The van der Waals surface area contributed by atoms with Crippen LogP contribution in [0.3, 0.4) is 0 Å². The van der Waals surface area contributed by atoms with Crippen molar-refractivity contribution < 1.29 is 8.42 Å². The number of piperidine rings is 1. The zero-order valence-electron chi connectivity index (χ0n) is 15.4. The highest BCUT2D eigenvalue weighted by Crippen LogP contribution is 2.27. The average molecular weight is 496 g/mol. The van der Waals surface area contributed by atoms with Gasteiger partial charge in [0.2, 0.25) is 10.0 Å². The second-order valence-electron chi connectivity index (χ2n) is 6.83. The van der Waals surface area contributed by atoms with E-state index >= 15 is 0 Å². The lowest BCUT2D eigenvalue weighted by atomic mass is 9.93. The molecule has 26 heavy (non-hydrogen) atoms. The van der Waals surface area contributed by atoms with Gasteiger partial charge in [0.1, 0.15) is 0 Å². The summed E-state index contributed by atoms with van der Waals surface area (Å²) in [6.45, 7) is 5.81. The fourth-order valence-corrected chi connectivity index (χ4v) is 5.19. The predicted molar refractivity (Wildman–Crippen MR) is 113 cm³/mol. The summed E-state index contributed by atoms with van der Waals surface area (Å²) in [6, 6.07) is 0.369. The standard InChI is InChI=1S/C16H28N6O2S.HI/c1-14-4-8-20(12-15(14)21-9-5-18-13-21)16(17-2)19-6-10-22-7-3-11-25(22,23)24;/h5,9,13-15H,3-4,6-8,10-12H2,1-2H3,(H,17,19);1H. The summed E-state index contributed by atoms with van der Waals surface area (Å²) in [4.78, 5) is 10.8. The van der Waals surface area contributed by atoms with E-state index in [2.05, 4.69) is 31.7 Å². The molecule has 0 bridgehead atoms. The lowest BCUT2D eigenvalue weighted by Gasteiger charge is -2.39. The summed E-state index contributed by atoms with van der Waals surface area (Å²) in [5.74, 6) is 1.70. The van der Waals surface area contributed by atoms with Crippen LogP contribution in [0.2, 0.25) is 0 Å². The maximum atomic E-state index is 11.9. The fourth-order valence-electron chi connectivity index (χ4n) is 3.66. The molecule has 3 heterocycles. The number of hydrogen-bond acceptors (Lipinski definition) is 4. The van der Waals surface area contributed by atoms with Crippen molar-refractivity contribution in [3.63, 3.8) is 0 Å². The number of guanidine groups is 1. The van der Waals surface area contributed by atoms with Crippen molar-refractivity contribution in [1.29, 1.82) is 0 Å². The van der Waals surface area contributed by atoms with Gasteiger partial charge in [0.25, 0.3) is 0 Å². The zero-order valence-corrected chi connectivity index (χ0v) is 18.6. The van der Waals surface area contributed by atoms with Crippen molar-refractivity contribution in [2.24, 2.45) is 10.9 Å². The Morgan fingerprint density at radius 1 is 1.38 bits per heavy atom. The second-order valence-corrected chi connectivity index (χ2v) is 8.92. The molecule has 2 aliphatic heterocycles. The van der Waals surface area contributed by atoms with E-state index in [0.29, 0.717) is 31.6 Å². The molecule has 3 rings (SSSR count). The Bertz CT molecular complexity index is 694. The third kappa shape index (κ3) is 4.89. The summed E-state index contributed by atoms with van der Waals surface area (Å²) >= 11 is 0. The van der Waals surface area contributed by atoms with Crippen LogP contribution < -0.4 is 5.32 Å². The van der Waals surface area contributed by atoms with Gasteiger partial charge in [-0.15, -0.1) is 24.0 Å². The molecule has 1 aromatic rings. The summed E-state index contributed by atoms with van der Waals surface area (Å²) in [7, 11) is -1.26. The van der Waals surface area contributed by atoms with Crippen LogP contribution in [0.25, 0.3) is 0 Å². The summed E-state index contributed by atoms with van der Waals surface area (Å²) in [5, 5.41) is 3.33. The van der Waals surface area contributed by atoms with Gasteiger partial charge in [-0.3, -0.25) is 4.99 Å².